The van der Waals surface area contributed by atoms with Crippen LogP contribution in [-0.4, -0.2) is 16.6 Å². The summed E-state index contributed by atoms with van der Waals surface area (Å²) in [5.41, 5.74) is 0.579. The molecule has 0 spiro atoms. The van der Waals surface area contributed by atoms with Crippen molar-refractivity contribution in [1.29, 1.82) is 0 Å². The van der Waals surface area contributed by atoms with Crippen molar-refractivity contribution in [3.05, 3.63) is 63.2 Å². The number of rotatable bonds is 5. The first-order valence-corrected chi connectivity index (χ1v) is 6.30. The van der Waals surface area contributed by atoms with Crippen molar-refractivity contribution < 1.29 is 14.8 Å². The Morgan fingerprint density at radius 2 is 1.95 bits per heavy atom. The predicted molar refractivity (Wildman–Crippen MR) is 75.4 cm³/mol. The third-order valence-corrected chi connectivity index (χ3v) is 2.93. The van der Waals surface area contributed by atoms with Crippen molar-refractivity contribution in [2.45, 2.75) is 6.42 Å². The lowest BCUT2D eigenvalue weighted by atomic mass is 10.1. The fourth-order valence-electron chi connectivity index (χ4n) is 1.77. The molecule has 6 heteroatoms. The van der Waals surface area contributed by atoms with Gasteiger partial charge in [-0.25, -0.2) is 0 Å². The van der Waals surface area contributed by atoms with E-state index < -0.39 is 4.92 Å². The van der Waals surface area contributed by atoms with Gasteiger partial charge in [0.25, 0.3) is 0 Å². The van der Waals surface area contributed by atoms with E-state index in [0.29, 0.717) is 12.2 Å². The van der Waals surface area contributed by atoms with Gasteiger partial charge in [-0.2, -0.15) is 0 Å². The summed E-state index contributed by atoms with van der Waals surface area (Å²) in [7, 11) is 0. The maximum Gasteiger partial charge on any atom is 0.313 e. The second kappa shape index (κ2) is 6.36. The van der Waals surface area contributed by atoms with Crippen molar-refractivity contribution >= 4 is 17.3 Å². The monoisotopic (exact) mass is 293 g/mol. The molecule has 0 aliphatic heterocycles. The number of nitrogens with zero attached hydrogens (tertiary/aromatic N) is 1. The molecule has 0 saturated heterocycles. The minimum atomic E-state index is -0.546. The Labute approximate surface area is 120 Å². The number of nitro groups is 1. The molecule has 0 amide bonds. The summed E-state index contributed by atoms with van der Waals surface area (Å²) in [6.45, 7) is -0.0247. The summed E-state index contributed by atoms with van der Waals surface area (Å²) in [6.07, 6.45) is 0.414. The Morgan fingerprint density at radius 3 is 2.65 bits per heavy atom. The van der Waals surface area contributed by atoms with Gasteiger partial charge in [0, 0.05) is 17.7 Å². The average Bonchev–Trinajstić information content (AvgIpc) is 2.43. The third-order valence-electron chi connectivity index (χ3n) is 2.69. The van der Waals surface area contributed by atoms with Crippen molar-refractivity contribution in [1.82, 2.24) is 0 Å². The first-order chi connectivity index (χ1) is 9.61. The normalized spacial score (nSPS) is 10.3. The second-order valence-corrected chi connectivity index (χ2v) is 4.49. The van der Waals surface area contributed by atoms with Gasteiger partial charge in [0.05, 0.1) is 4.92 Å². The first kappa shape index (κ1) is 14.3. The van der Waals surface area contributed by atoms with Gasteiger partial charge in [0.15, 0.2) is 0 Å². The van der Waals surface area contributed by atoms with Crippen molar-refractivity contribution in [3.8, 4) is 11.5 Å². The maximum atomic E-state index is 11.0. The molecule has 0 heterocycles. The van der Waals surface area contributed by atoms with Crippen LogP contribution in [0.15, 0.2) is 42.5 Å². The quantitative estimate of drug-likeness (QED) is 0.675. The number of ether oxygens (including phenoxy) is 1. The minimum absolute atomic E-state index is 0.0247. The van der Waals surface area contributed by atoms with Crippen molar-refractivity contribution in [3.63, 3.8) is 0 Å². The van der Waals surface area contributed by atoms with Gasteiger partial charge in [-0.3, -0.25) is 10.1 Å². The van der Waals surface area contributed by atoms with Gasteiger partial charge in [-0.1, -0.05) is 29.8 Å². The molecule has 0 atom stereocenters. The van der Waals surface area contributed by atoms with E-state index in [4.69, 9.17) is 21.4 Å². The van der Waals surface area contributed by atoms with Crippen LogP contribution in [0.4, 0.5) is 5.69 Å². The number of para-hydroxylation sites is 1. The summed E-state index contributed by atoms with van der Waals surface area (Å²) < 4.78 is 5.60. The molecular weight excluding hydrogens is 282 g/mol. The molecule has 0 bridgehead atoms. The van der Waals surface area contributed by atoms with E-state index in [-0.39, 0.29) is 23.1 Å². The predicted octanol–water partition coefficient (Wildman–Crippen LogP) is 3.58. The smallest absolute Gasteiger partial charge is 0.313 e. The van der Waals surface area contributed by atoms with E-state index in [1.54, 1.807) is 18.2 Å². The number of hydrogen-bond donors (Lipinski definition) is 1. The summed E-state index contributed by atoms with van der Waals surface area (Å²) in [5.74, 6) is 0.594. The Hall–Kier alpha value is -2.11. The van der Waals surface area contributed by atoms with Gasteiger partial charge >= 0.3 is 5.69 Å². The van der Waals surface area contributed by atoms with Crippen LogP contribution in [0, 0.1) is 10.1 Å². The van der Waals surface area contributed by atoms with Crippen molar-refractivity contribution in [2.75, 3.05) is 6.61 Å². The number of hydrogen-bond acceptors (Lipinski definition) is 4. The molecule has 0 unspecified atom stereocenters. The average molecular weight is 294 g/mol. The zero-order valence-corrected chi connectivity index (χ0v) is 11.2. The van der Waals surface area contributed by atoms with Crippen LogP contribution in [-0.2, 0) is 6.42 Å². The highest BCUT2D eigenvalue weighted by molar-refractivity contribution is 6.30. The van der Waals surface area contributed by atoms with Gasteiger partial charge < -0.3 is 9.84 Å². The highest BCUT2D eigenvalue weighted by Gasteiger charge is 2.17. The Kier molecular flexibility index (Phi) is 4.55. The molecule has 20 heavy (non-hydrogen) atoms. The van der Waals surface area contributed by atoms with E-state index in [2.05, 4.69) is 0 Å². The van der Waals surface area contributed by atoms with E-state index in [0.717, 1.165) is 5.56 Å². The molecule has 0 aliphatic rings. The molecule has 2 rings (SSSR count). The summed E-state index contributed by atoms with van der Waals surface area (Å²) in [6, 6.07) is 11.3. The standard InChI is InChI=1S/C14H12ClNO4/c15-11-5-6-14(12(9-11)16(18)19)20-13-4-2-1-3-10(13)7-8-17/h1-6,9,17H,7-8H2. The highest BCUT2D eigenvalue weighted by Crippen LogP contribution is 2.34. The lowest BCUT2D eigenvalue weighted by molar-refractivity contribution is -0.385. The van der Waals surface area contributed by atoms with Crippen LogP contribution in [0.25, 0.3) is 0 Å². The number of benzene rings is 2. The summed E-state index contributed by atoms with van der Waals surface area (Å²) in [4.78, 5) is 10.5. The fraction of sp³-hybridized carbons (Fsp3) is 0.143. The molecule has 1 N–H and O–H groups in total. The largest absolute Gasteiger partial charge is 0.450 e. The summed E-state index contributed by atoms with van der Waals surface area (Å²) in [5, 5.41) is 20.3. The summed E-state index contributed by atoms with van der Waals surface area (Å²) >= 11 is 5.75. The van der Waals surface area contributed by atoms with E-state index in [9.17, 15) is 10.1 Å². The van der Waals surface area contributed by atoms with Crippen LogP contribution in [0.2, 0.25) is 5.02 Å². The second-order valence-electron chi connectivity index (χ2n) is 4.05. The molecule has 0 aromatic heterocycles. The zero-order chi connectivity index (χ0) is 14.5. The van der Waals surface area contributed by atoms with E-state index >= 15 is 0 Å². The molecule has 2 aromatic carbocycles. The van der Waals surface area contributed by atoms with Crippen LogP contribution in [0.3, 0.4) is 0 Å². The molecular formula is C14H12ClNO4. The highest BCUT2D eigenvalue weighted by atomic mass is 35.5. The Morgan fingerprint density at radius 1 is 1.20 bits per heavy atom. The first-order valence-electron chi connectivity index (χ1n) is 5.92. The molecule has 2 aromatic rings. The lowest BCUT2D eigenvalue weighted by Crippen LogP contribution is -1.97. The van der Waals surface area contributed by atoms with Crippen LogP contribution < -0.4 is 4.74 Å². The van der Waals surface area contributed by atoms with Gasteiger partial charge in [-0.15, -0.1) is 0 Å². The molecule has 104 valence electrons. The minimum Gasteiger partial charge on any atom is -0.450 e. The Balaban J connectivity index is 2.37. The third kappa shape index (κ3) is 3.26. The van der Waals surface area contributed by atoms with E-state index in [1.165, 1.54) is 18.2 Å². The zero-order valence-electron chi connectivity index (χ0n) is 10.5. The van der Waals surface area contributed by atoms with E-state index in [1.807, 2.05) is 6.07 Å². The number of nitro benzene ring substituents is 1. The number of aliphatic hydroxyl groups excluding tert-OH is 1. The molecule has 0 saturated carbocycles. The fourth-order valence-corrected chi connectivity index (χ4v) is 1.93. The van der Waals surface area contributed by atoms with Gasteiger partial charge in [0.2, 0.25) is 5.75 Å². The van der Waals surface area contributed by atoms with Crippen molar-refractivity contribution in [2.24, 2.45) is 0 Å². The van der Waals surface area contributed by atoms with Gasteiger partial charge in [-0.05, 0) is 30.2 Å². The van der Waals surface area contributed by atoms with Crippen LogP contribution in [0.5, 0.6) is 11.5 Å². The molecule has 5 nitrogen and oxygen atoms in total. The Bertz CT molecular complexity index is 630. The van der Waals surface area contributed by atoms with Crippen LogP contribution >= 0.6 is 11.6 Å². The maximum absolute atomic E-state index is 11.0. The van der Waals surface area contributed by atoms with Gasteiger partial charge in [0.1, 0.15) is 5.75 Å². The number of halogens is 1. The number of aliphatic hydroxyl groups is 1. The SMILES string of the molecule is O=[N+]([O-])c1cc(Cl)ccc1Oc1ccccc1CCO. The lowest BCUT2D eigenvalue weighted by Gasteiger charge is -2.10. The molecule has 0 aliphatic carbocycles. The van der Waals surface area contributed by atoms with Crippen LogP contribution in [0.1, 0.15) is 5.56 Å². The molecule has 0 fully saturated rings. The topological polar surface area (TPSA) is 72.6 Å². The molecule has 0 radical (unpaired) electrons.